The Balaban J connectivity index is 2.27. The van der Waals surface area contributed by atoms with Gasteiger partial charge in [-0.1, -0.05) is 91.0 Å². The second-order valence-electron chi connectivity index (χ2n) is 6.22. The molecule has 0 aliphatic rings. The molecular formula is C23H18N3PS. The number of benzene rings is 3. The van der Waals surface area contributed by atoms with E-state index in [1.54, 1.807) is 5.38 Å². The lowest BCUT2D eigenvalue weighted by Crippen LogP contribution is -2.30. The molecule has 0 radical (unpaired) electrons. The van der Waals surface area contributed by atoms with E-state index in [0.717, 1.165) is 15.9 Å². The summed E-state index contributed by atoms with van der Waals surface area (Å²) in [5, 5.41) is 16.9. The van der Waals surface area contributed by atoms with Crippen LogP contribution in [-0.2, 0) is 0 Å². The highest BCUT2D eigenvalue weighted by Crippen LogP contribution is 2.47. The number of nitrogens with two attached hydrogens (primary N) is 1. The van der Waals surface area contributed by atoms with Crippen LogP contribution in [-0.4, -0.2) is 10.3 Å². The van der Waals surface area contributed by atoms with Gasteiger partial charge in [0.15, 0.2) is 0 Å². The lowest BCUT2D eigenvalue weighted by atomic mass is 10.4. The van der Waals surface area contributed by atoms with E-state index in [-0.39, 0.29) is 0 Å². The first-order chi connectivity index (χ1) is 13.8. The zero-order valence-electron chi connectivity index (χ0n) is 15.1. The van der Waals surface area contributed by atoms with Gasteiger partial charge in [-0.25, -0.2) is 4.98 Å². The first-order valence-corrected chi connectivity index (χ1v) is 11.5. The molecule has 0 atom stereocenters. The summed E-state index contributed by atoms with van der Waals surface area (Å²) in [6.07, 6.45) is 0. The number of anilines is 1. The third kappa shape index (κ3) is 3.05. The van der Waals surface area contributed by atoms with Gasteiger partial charge < -0.3 is 5.73 Å². The molecular weight excluding hydrogens is 381 g/mol. The highest BCUT2D eigenvalue weighted by Gasteiger charge is 2.31. The standard InChI is InChI=1S/C23H18N3PS/c24-16-21(23-26-22(25)17-28-23)27(18-10-4-1-5-11-18,19-12-6-2-7-13-19)20-14-8-3-9-15-20/h1-15,17H,25H2. The number of hydrogen-bond acceptors (Lipinski definition) is 4. The molecule has 4 aromatic rings. The van der Waals surface area contributed by atoms with Crippen LogP contribution in [0.1, 0.15) is 5.01 Å². The number of aromatic nitrogens is 1. The van der Waals surface area contributed by atoms with Crippen molar-refractivity contribution in [2.45, 2.75) is 0 Å². The zero-order valence-corrected chi connectivity index (χ0v) is 16.8. The molecule has 0 aliphatic carbocycles. The smallest absolute Gasteiger partial charge is 0.137 e. The van der Waals surface area contributed by atoms with Crippen LogP contribution in [0.3, 0.4) is 0 Å². The van der Waals surface area contributed by atoms with Gasteiger partial charge in [-0.05, 0) is 22.8 Å². The van der Waals surface area contributed by atoms with Gasteiger partial charge in [0, 0.05) is 5.38 Å². The first-order valence-electron chi connectivity index (χ1n) is 8.81. The molecule has 136 valence electrons. The van der Waals surface area contributed by atoms with Crippen LogP contribution < -0.4 is 21.6 Å². The minimum atomic E-state index is -2.42. The van der Waals surface area contributed by atoms with E-state index < -0.39 is 6.89 Å². The number of nitrogen functional groups attached to an aromatic ring is 1. The van der Waals surface area contributed by atoms with Crippen molar-refractivity contribution in [1.29, 1.82) is 5.26 Å². The van der Waals surface area contributed by atoms with Crippen molar-refractivity contribution in [3.63, 3.8) is 0 Å². The Kier molecular flexibility index (Phi) is 5.12. The molecule has 3 nitrogen and oxygen atoms in total. The van der Waals surface area contributed by atoms with Crippen LogP contribution in [0.2, 0.25) is 0 Å². The minimum Gasteiger partial charge on any atom is -0.383 e. The lowest BCUT2D eigenvalue weighted by molar-refractivity contribution is 1.40. The van der Waals surface area contributed by atoms with E-state index in [0.29, 0.717) is 16.1 Å². The number of thiazole rings is 1. The molecule has 0 saturated carbocycles. The minimum absolute atomic E-state index is 0.444. The van der Waals surface area contributed by atoms with Crippen molar-refractivity contribution in [3.05, 3.63) is 101 Å². The highest BCUT2D eigenvalue weighted by atomic mass is 32.1. The van der Waals surface area contributed by atoms with Crippen molar-refractivity contribution in [1.82, 2.24) is 4.98 Å². The lowest BCUT2D eigenvalue weighted by Gasteiger charge is -2.29. The molecule has 4 rings (SSSR count). The number of nitriles is 1. The molecule has 2 N–H and O–H groups in total. The molecule has 1 aromatic heterocycles. The summed E-state index contributed by atoms with van der Waals surface area (Å²) in [5.41, 5.74) is 5.92. The second kappa shape index (κ2) is 7.86. The van der Waals surface area contributed by atoms with Crippen molar-refractivity contribution in [2.75, 3.05) is 5.73 Å². The fraction of sp³-hybridized carbons (Fsp3) is 0. The van der Waals surface area contributed by atoms with Gasteiger partial charge in [-0.3, -0.25) is 0 Å². The molecule has 0 fully saturated rings. The van der Waals surface area contributed by atoms with Gasteiger partial charge in [0.2, 0.25) is 0 Å². The third-order valence-corrected chi connectivity index (χ3v) is 9.83. The molecule has 0 saturated heterocycles. The summed E-state index contributed by atoms with van der Waals surface area (Å²) < 4.78 is 0. The van der Waals surface area contributed by atoms with E-state index in [4.69, 9.17) is 5.73 Å². The van der Waals surface area contributed by atoms with E-state index in [1.165, 1.54) is 11.3 Å². The largest absolute Gasteiger partial charge is 0.383 e. The monoisotopic (exact) mass is 399 g/mol. The Morgan fingerprint density at radius 1 is 0.786 bits per heavy atom. The van der Waals surface area contributed by atoms with Crippen molar-refractivity contribution in [3.8, 4) is 6.07 Å². The van der Waals surface area contributed by atoms with Gasteiger partial charge in [0.05, 0.1) is 5.29 Å². The molecule has 0 amide bonds. The van der Waals surface area contributed by atoms with Crippen LogP contribution in [0.25, 0.3) is 0 Å². The maximum atomic E-state index is 10.4. The van der Waals surface area contributed by atoms with Crippen LogP contribution >= 0.6 is 18.2 Å². The Morgan fingerprint density at radius 3 is 1.54 bits per heavy atom. The van der Waals surface area contributed by atoms with E-state index in [9.17, 15) is 5.26 Å². The molecule has 0 bridgehead atoms. The molecule has 28 heavy (non-hydrogen) atoms. The fourth-order valence-electron chi connectivity index (χ4n) is 3.45. The summed E-state index contributed by atoms with van der Waals surface area (Å²) >= 11 is 1.43. The average Bonchev–Trinajstić information content (AvgIpc) is 3.19. The number of rotatable bonds is 4. The summed E-state index contributed by atoms with van der Waals surface area (Å²) in [6.45, 7) is -2.42. The van der Waals surface area contributed by atoms with Crippen molar-refractivity contribution >= 4 is 45.2 Å². The van der Waals surface area contributed by atoms with Gasteiger partial charge in [-0.15, -0.1) is 11.3 Å². The summed E-state index contributed by atoms with van der Waals surface area (Å²) in [6, 6.07) is 33.4. The Morgan fingerprint density at radius 2 is 1.21 bits per heavy atom. The Labute approximate surface area is 168 Å². The topological polar surface area (TPSA) is 62.7 Å². The average molecular weight is 399 g/mol. The molecule has 0 spiro atoms. The van der Waals surface area contributed by atoms with Crippen molar-refractivity contribution in [2.24, 2.45) is 0 Å². The van der Waals surface area contributed by atoms with Crippen LogP contribution in [0, 0.1) is 11.3 Å². The zero-order chi connectivity index (χ0) is 19.4. The third-order valence-electron chi connectivity index (χ3n) is 4.60. The van der Waals surface area contributed by atoms with E-state index in [2.05, 4.69) is 47.5 Å². The predicted octanol–water partition coefficient (Wildman–Crippen LogP) is 3.76. The maximum Gasteiger partial charge on any atom is 0.137 e. The van der Waals surface area contributed by atoms with Crippen LogP contribution in [0.5, 0.6) is 0 Å². The Bertz CT molecular complexity index is 1070. The molecule has 1 heterocycles. The first kappa shape index (κ1) is 18.3. The van der Waals surface area contributed by atoms with Crippen molar-refractivity contribution < 1.29 is 0 Å². The predicted molar refractivity (Wildman–Crippen MR) is 121 cm³/mol. The molecule has 5 heteroatoms. The summed E-state index contributed by atoms with van der Waals surface area (Å²) in [4.78, 5) is 4.49. The second-order valence-corrected chi connectivity index (χ2v) is 10.4. The molecule has 3 aromatic carbocycles. The van der Waals surface area contributed by atoms with Gasteiger partial charge >= 0.3 is 0 Å². The normalized spacial score (nSPS) is 11.0. The quantitative estimate of drug-likeness (QED) is 0.532. The molecule has 0 aliphatic heterocycles. The number of nitrogens with zero attached hydrogens (tertiary/aromatic N) is 2. The van der Waals surface area contributed by atoms with E-state index >= 15 is 0 Å². The SMILES string of the molecule is N#CC(c1nc(N)cs1)=P(c1ccccc1)(c1ccccc1)c1ccccc1. The van der Waals surface area contributed by atoms with Gasteiger partial charge in [0.25, 0.3) is 0 Å². The molecule has 0 unspecified atom stereocenters. The van der Waals surface area contributed by atoms with Gasteiger partial charge in [0.1, 0.15) is 16.9 Å². The summed E-state index contributed by atoms with van der Waals surface area (Å²) in [7, 11) is 0. The maximum absolute atomic E-state index is 10.4. The number of hydrogen-bond donors (Lipinski definition) is 1. The Hall–Kier alpha value is -3.12. The summed E-state index contributed by atoms with van der Waals surface area (Å²) in [5.74, 6) is 0.444. The highest BCUT2D eigenvalue weighted by molar-refractivity contribution is 7.96. The van der Waals surface area contributed by atoms with Crippen LogP contribution in [0.4, 0.5) is 5.82 Å². The van der Waals surface area contributed by atoms with E-state index in [1.807, 2.05) is 54.6 Å². The fourth-order valence-corrected chi connectivity index (χ4v) is 8.63. The van der Waals surface area contributed by atoms with Crippen LogP contribution in [0.15, 0.2) is 96.4 Å². The van der Waals surface area contributed by atoms with Gasteiger partial charge in [-0.2, -0.15) is 5.26 Å².